The van der Waals surface area contributed by atoms with E-state index in [2.05, 4.69) is 36.1 Å². The van der Waals surface area contributed by atoms with Gasteiger partial charge >= 0.3 is 11.9 Å². The van der Waals surface area contributed by atoms with Gasteiger partial charge in [-0.2, -0.15) is 0 Å². The third-order valence-electron chi connectivity index (χ3n) is 5.43. The number of nitrogens with one attached hydrogen (secondary N) is 2. The molecule has 39 heavy (non-hydrogen) atoms. The number of fused-ring (bicyclic) bond motifs is 1. The Hall–Kier alpha value is -3.45. The summed E-state index contributed by atoms with van der Waals surface area (Å²) in [5.41, 5.74) is 3.55. The second-order valence-electron chi connectivity index (χ2n) is 9.57. The number of nitrogen functional groups attached to an aromatic ring is 1. The van der Waals surface area contributed by atoms with Crippen LogP contribution < -0.4 is 11.1 Å². The molecule has 2 aromatic rings. The fourth-order valence-electron chi connectivity index (χ4n) is 3.66. The number of oxime groups is 1. The highest BCUT2D eigenvalue weighted by molar-refractivity contribution is 8.00. The van der Waals surface area contributed by atoms with Gasteiger partial charge in [-0.25, -0.2) is 14.9 Å². The number of amides is 2. The molecule has 0 bridgehead atoms. The van der Waals surface area contributed by atoms with Crippen LogP contribution >= 0.6 is 34.9 Å². The number of β-lactam (4-membered cyclic amide) rings is 1. The van der Waals surface area contributed by atoms with E-state index in [4.69, 9.17) is 15.3 Å². The number of carbonyl (C=O) groups is 4. The molecule has 0 radical (unpaired) electrons. The zero-order valence-electron chi connectivity index (χ0n) is 20.9. The number of carboxylic acid groups (broad SMARTS) is 1. The number of thioether (sulfide) groups is 2. The molecule has 2 saturated heterocycles. The third kappa shape index (κ3) is 6.59. The minimum absolute atomic E-state index is 0.0394. The number of anilines is 1. The molecule has 0 saturated carbocycles. The van der Waals surface area contributed by atoms with E-state index in [9.17, 15) is 24.3 Å². The molecule has 0 spiro atoms. The van der Waals surface area contributed by atoms with Crippen molar-refractivity contribution >= 4 is 69.5 Å². The Bertz CT molecular complexity index is 1280. The van der Waals surface area contributed by atoms with Crippen LogP contribution in [0, 0.1) is 5.41 Å². The number of nitrogens with two attached hydrogens (primary N) is 1. The number of H-pyrrole nitrogens is 1. The summed E-state index contributed by atoms with van der Waals surface area (Å²) in [6.07, 6.45) is 0. The number of hydrogen-bond donors (Lipinski definition) is 4. The van der Waals surface area contributed by atoms with Gasteiger partial charge in [0.15, 0.2) is 10.8 Å². The summed E-state index contributed by atoms with van der Waals surface area (Å²) < 4.78 is 5.15. The van der Waals surface area contributed by atoms with Crippen LogP contribution in [0.2, 0.25) is 0 Å². The van der Waals surface area contributed by atoms with E-state index < -0.39 is 52.8 Å². The van der Waals surface area contributed by atoms with Crippen molar-refractivity contribution in [2.45, 2.75) is 42.9 Å². The topological polar surface area (TPSA) is 228 Å². The van der Waals surface area contributed by atoms with Crippen molar-refractivity contribution in [2.24, 2.45) is 10.6 Å². The molecular formula is C20H25N9O7S3. The molecule has 210 valence electrons. The molecule has 3 atom stereocenters. The molecule has 19 heteroatoms. The van der Waals surface area contributed by atoms with Gasteiger partial charge in [-0.3, -0.25) is 14.4 Å². The molecule has 2 amide bonds. The van der Waals surface area contributed by atoms with Crippen molar-refractivity contribution in [3.63, 3.8) is 0 Å². The first-order valence-corrected chi connectivity index (χ1v) is 14.3. The van der Waals surface area contributed by atoms with Crippen molar-refractivity contribution in [2.75, 3.05) is 30.4 Å². The van der Waals surface area contributed by atoms with E-state index in [1.54, 1.807) is 20.8 Å². The number of hydrogen-bond acceptors (Lipinski definition) is 15. The maximum Gasteiger partial charge on any atom is 0.347 e. The van der Waals surface area contributed by atoms with Crippen molar-refractivity contribution in [3.05, 3.63) is 11.1 Å². The van der Waals surface area contributed by atoms with Crippen molar-refractivity contribution < 1.29 is 33.9 Å². The average molecular weight is 600 g/mol. The number of ether oxygens (including phenoxy) is 1. The fraction of sp³-hybridized carbons (Fsp3) is 0.550. The number of carbonyl (C=O) groups excluding carboxylic acids is 3. The monoisotopic (exact) mass is 599 g/mol. The Balaban J connectivity index is 1.41. The lowest BCUT2D eigenvalue weighted by Gasteiger charge is -2.53. The Morgan fingerprint density at radius 1 is 1.41 bits per heavy atom. The zero-order valence-corrected chi connectivity index (χ0v) is 23.4. The predicted octanol–water partition coefficient (Wildman–Crippen LogP) is -0.436. The molecule has 2 unspecified atom stereocenters. The summed E-state index contributed by atoms with van der Waals surface area (Å²) in [5.74, 6) is -2.62. The number of esters is 1. The minimum Gasteiger partial charge on any atom is -0.481 e. The number of aliphatic carboxylic acids is 1. The normalized spacial score (nSPS) is 23.0. The quantitative estimate of drug-likeness (QED) is 0.0893. The Kier molecular flexibility index (Phi) is 8.31. The Morgan fingerprint density at radius 3 is 2.79 bits per heavy atom. The Morgan fingerprint density at radius 2 is 2.18 bits per heavy atom. The van der Waals surface area contributed by atoms with Gasteiger partial charge in [0, 0.05) is 23.4 Å². The van der Waals surface area contributed by atoms with Gasteiger partial charge in [-0.1, -0.05) is 16.9 Å². The SMILES string of the molecule is CC(C)(C)OC(=O)CON=C(C(=O)NC1C(=O)N2CC(CSc3nnn[nH]3)(C(=O)O)CS[C@H]12)c1csc(N)n1. The largest absolute Gasteiger partial charge is 0.481 e. The highest BCUT2D eigenvalue weighted by atomic mass is 32.2. The van der Waals surface area contributed by atoms with E-state index in [0.717, 1.165) is 23.1 Å². The minimum atomic E-state index is -1.23. The fourth-order valence-corrected chi connectivity index (χ4v) is 6.80. The summed E-state index contributed by atoms with van der Waals surface area (Å²) in [6, 6.07) is -0.924. The summed E-state index contributed by atoms with van der Waals surface area (Å²) >= 11 is 3.46. The number of rotatable bonds is 10. The smallest absolute Gasteiger partial charge is 0.347 e. The average Bonchev–Trinajstić information content (AvgIpc) is 3.54. The van der Waals surface area contributed by atoms with Crippen LogP contribution in [-0.4, -0.2) is 107 Å². The first-order valence-electron chi connectivity index (χ1n) is 11.3. The number of carboxylic acids is 1. The highest BCUT2D eigenvalue weighted by Crippen LogP contribution is 2.44. The van der Waals surface area contributed by atoms with Gasteiger partial charge in [-0.15, -0.1) is 28.2 Å². The van der Waals surface area contributed by atoms with Crippen LogP contribution in [0.25, 0.3) is 0 Å². The lowest BCUT2D eigenvalue weighted by molar-refractivity contribution is -0.160. The molecule has 2 fully saturated rings. The first-order chi connectivity index (χ1) is 18.4. The maximum absolute atomic E-state index is 13.1. The van der Waals surface area contributed by atoms with Crippen molar-refractivity contribution in [1.29, 1.82) is 0 Å². The third-order valence-corrected chi connectivity index (χ3v) is 8.84. The number of nitrogens with zero attached hydrogens (tertiary/aromatic N) is 6. The van der Waals surface area contributed by atoms with Crippen LogP contribution in [0.5, 0.6) is 0 Å². The molecule has 16 nitrogen and oxygen atoms in total. The van der Waals surface area contributed by atoms with Crippen molar-refractivity contribution in [3.8, 4) is 0 Å². The van der Waals surface area contributed by atoms with Crippen LogP contribution in [-0.2, 0) is 28.8 Å². The molecule has 5 N–H and O–H groups in total. The standard InChI is InChI=1S/C20H25N9O7S3/c1-19(2,3)36-10(30)4-35-26-11(9-5-37-17(21)22-9)13(31)23-12-14(32)29-6-20(16(33)34,7-38-15(12)29)8-39-18-24-27-28-25-18/h5,12,15H,4,6-8H2,1-3H3,(H2,21,22)(H,23,31)(H,33,34)(H,24,25,27,28)/t12?,15-,20?/m1/s1. The van der Waals surface area contributed by atoms with Gasteiger partial charge in [0.2, 0.25) is 17.7 Å². The summed E-state index contributed by atoms with van der Waals surface area (Å²) in [6.45, 7) is 4.49. The lowest BCUT2D eigenvalue weighted by atomic mass is 9.89. The van der Waals surface area contributed by atoms with Crippen LogP contribution in [0.15, 0.2) is 15.7 Å². The van der Waals surface area contributed by atoms with E-state index in [1.165, 1.54) is 22.0 Å². The summed E-state index contributed by atoms with van der Waals surface area (Å²) in [4.78, 5) is 60.7. The molecule has 4 rings (SSSR count). The Labute approximate surface area is 233 Å². The van der Waals surface area contributed by atoms with Gasteiger partial charge in [-0.05, 0) is 31.2 Å². The van der Waals surface area contributed by atoms with Crippen LogP contribution in [0.3, 0.4) is 0 Å². The molecule has 2 aromatic heterocycles. The lowest BCUT2D eigenvalue weighted by Crippen LogP contribution is -2.74. The second-order valence-corrected chi connectivity index (χ2v) is 12.5. The van der Waals surface area contributed by atoms with Gasteiger partial charge in [0.25, 0.3) is 5.91 Å². The summed E-state index contributed by atoms with van der Waals surface area (Å²) in [7, 11) is 0. The molecule has 4 heterocycles. The predicted molar refractivity (Wildman–Crippen MR) is 140 cm³/mol. The number of thiazole rings is 1. The van der Waals surface area contributed by atoms with Gasteiger partial charge < -0.3 is 30.6 Å². The van der Waals surface area contributed by atoms with E-state index in [1.807, 2.05) is 0 Å². The van der Waals surface area contributed by atoms with E-state index >= 15 is 0 Å². The second kappa shape index (κ2) is 11.3. The molecule has 0 aliphatic carbocycles. The van der Waals surface area contributed by atoms with Crippen LogP contribution in [0.1, 0.15) is 26.5 Å². The molecule has 0 aromatic carbocycles. The molecule has 2 aliphatic rings. The molecule has 2 aliphatic heterocycles. The first kappa shape index (κ1) is 28.6. The number of tetrazole rings is 1. The van der Waals surface area contributed by atoms with Gasteiger partial charge in [0.1, 0.15) is 28.1 Å². The molecular weight excluding hydrogens is 574 g/mol. The van der Waals surface area contributed by atoms with Crippen LogP contribution in [0.4, 0.5) is 5.13 Å². The zero-order chi connectivity index (χ0) is 28.4. The summed E-state index contributed by atoms with van der Waals surface area (Å²) in [5, 5.41) is 31.1. The number of aromatic amines is 1. The van der Waals surface area contributed by atoms with E-state index in [0.29, 0.717) is 5.16 Å². The van der Waals surface area contributed by atoms with Crippen molar-refractivity contribution in [1.82, 2.24) is 35.8 Å². The van der Waals surface area contributed by atoms with E-state index in [-0.39, 0.29) is 34.6 Å². The van der Waals surface area contributed by atoms with Gasteiger partial charge in [0.05, 0.1) is 0 Å². The number of aromatic nitrogens is 5. The highest BCUT2D eigenvalue weighted by Gasteiger charge is 2.57. The maximum atomic E-state index is 13.1.